The minimum Gasteiger partial charge on any atom is -0.384 e. The summed E-state index contributed by atoms with van der Waals surface area (Å²) in [6, 6.07) is 4.26. The van der Waals surface area contributed by atoms with Crippen molar-refractivity contribution in [2.45, 2.75) is 6.42 Å². The highest BCUT2D eigenvalue weighted by atomic mass is 32.1. The molecule has 2 nitrogen and oxygen atoms in total. The molecular weight excluding hydrogens is 194 g/mol. The zero-order valence-corrected chi connectivity index (χ0v) is 8.93. The van der Waals surface area contributed by atoms with Crippen LogP contribution in [0.15, 0.2) is 29.1 Å². The Hall–Kier alpha value is -1.06. The van der Waals surface area contributed by atoms with Crippen molar-refractivity contribution >= 4 is 11.3 Å². The number of methoxy groups -OCH3 is 1. The molecule has 0 aromatic carbocycles. The van der Waals surface area contributed by atoms with Gasteiger partial charge in [-0.15, -0.1) is 0 Å². The van der Waals surface area contributed by atoms with Gasteiger partial charge in [0.25, 0.3) is 0 Å². The van der Waals surface area contributed by atoms with Crippen LogP contribution >= 0.6 is 11.3 Å². The molecule has 0 unspecified atom stereocenters. The zero-order chi connectivity index (χ0) is 9.80. The van der Waals surface area contributed by atoms with Gasteiger partial charge < -0.3 is 9.72 Å². The molecule has 14 heavy (non-hydrogen) atoms. The Morgan fingerprint density at radius 1 is 1.43 bits per heavy atom. The average molecular weight is 207 g/mol. The van der Waals surface area contributed by atoms with E-state index in [-0.39, 0.29) is 0 Å². The third-order valence-corrected chi connectivity index (χ3v) is 2.90. The number of rotatable bonds is 4. The standard InChI is InChI=1S/C11H13NOS/c1-13-6-3-11-10(2-5-12-11)9-4-7-14-8-9/h2,4-5,7-8,12H,3,6H2,1H3. The molecule has 0 fully saturated rings. The minimum atomic E-state index is 0.762. The second-order valence-electron chi connectivity index (χ2n) is 3.12. The van der Waals surface area contributed by atoms with Gasteiger partial charge in [-0.1, -0.05) is 0 Å². The molecule has 2 aromatic rings. The second kappa shape index (κ2) is 4.44. The molecule has 3 heteroatoms. The van der Waals surface area contributed by atoms with E-state index in [0.29, 0.717) is 0 Å². The van der Waals surface area contributed by atoms with Crippen LogP contribution in [0.3, 0.4) is 0 Å². The monoisotopic (exact) mass is 207 g/mol. The first kappa shape index (κ1) is 9.49. The van der Waals surface area contributed by atoms with Crippen molar-refractivity contribution in [1.29, 1.82) is 0 Å². The van der Waals surface area contributed by atoms with Crippen molar-refractivity contribution in [1.82, 2.24) is 4.98 Å². The molecule has 74 valence electrons. The first-order valence-corrected chi connectivity index (χ1v) is 5.54. The van der Waals surface area contributed by atoms with E-state index in [2.05, 4.69) is 27.9 Å². The Morgan fingerprint density at radius 2 is 2.36 bits per heavy atom. The van der Waals surface area contributed by atoms with Crippen LogP contribution in [0.5, 0.6) is 0 Å². The fourth-order valence-electron chi connectivity index (χ4n) is 1.50. The quantitative estimate of drug-likeness (QED) is 0.819. The fourth-order valence-corrected chi connectivity index (χ4v) is 2.16. The van der Waals surface area contributed by atoms with E-state index < -0.39 is 0 Å². The van der Waals surface area contributed by atoms with Crippen LogP contribution in [-0.4, -0.2) is 18.7 Å². The minimum absolute atomic E-state index is 0.762. The number of ether oxygens (including phenoxy) is 1. The second-order valence-corrected chi connectivity index (χ2v) is 3.90. The topological polar surface area (TPSA) is 25.0 Å². The third-order valence-electron chi connectivity index (χ3n) is 2.22. The maximum Gasteiger partial charge on any atom is 0.0517 e. The lowest BCUT2D eigenvalue weighted by molar-refractivity contribution is 0.201. The van der Waals surface area contributed by atoms with Gasteiger partial charge in [0.05, 0.1) is 6.61 Å². The first-order chi connectivity index (χ1) is 6.92. The highest BCUT2D eigenvalue weighted by molar-refractivity contribution is 7.08. The van der Waals surface area contributed by atoms with Crippen molar-refractivity contribution in [3.63, 3.8) is 0 Å². The van der Waals surface area contributed by atoms with Crippen molar-refractivity contribution < 1.29 is 4.74 Å². The van der Waals surface area contributed by atoms with Crippen molar-refractivity contribution in [3.8, 4) is 11.1 Å². The molecule has 0 saturated carbocycles. The Labute approximate surface area is 87.5 Å². The van der Waals surface area contributed by atoms with Crippen molar-refractivity contribution in [2.75, 3.05) is 13.7 Å². The summed E-state index contributed by atoms with van der Waals surface area (Å²) in [5.41, 5.74) is 3.84. The van der Waals surface area contributed by atoms with E-state index in [0.717, 1.165) is 13.0 Å². The summed E-state index contributed by atoms with van der Waals surface area (Å²) in [4.78, 5) is 3.25. The molecular formula is C11H13NOS. The smallest absolute Gasteiger partial charge is 0.0517 e. The van der Waals surface area contributed by atoms with Gasteiger partial charge in [-0.3, -0.25) is 0 Å². The molecule has 0 atom stereocenters. The van der Waals surface area contributed by atoms with Crippen LogP contribution in [0.25, 0.3) is 11.1 Å². The number of H-pyrrole nitrogens is 1. The van der Waals surface area contributed by atoms with Crippen LogP contribution in [0.1, 0.15) is 5.69 Å². The molecule has 0 spiro atoms. The fraction of sp³-hybridized carbons (Fsp3) is 0.273. The van der Waals surface area contributed by atoms with E-state index in [1.165, 1.54) is 16.8 Å². The molecule has 0 bridgehead atoms. The molecule has 1 N–H and O–H groups in total. The number of aromatic nitrogens is 1. The van der Waals surface area contributed by atoms with Crippen LogP contribution in [0.4, 0.5) is 0 Å². The van der Waals surface area contributed by atoms with Crippen LogP contribution < -0.4 is 0 Å². The summed E-state index contributed by atoms with van der Waals surface area (Å²) in [5.74, 6) is 0. The van der Waals surface area contributed by atoms with Gasteiger partial charge in [-0.2, -0.15) is 11.3 Å². The van der Waals surface area contributed by atoms with E-state index in [9.17, 15) is 0 Å². The predicted octanol–water partition coefficient (Wildman–Crippen LogP) is 2.93. The molecule has 2 aromatic heterocycles. The maximum atomic E-state index is 5.07. The maximum absolute atomic E-state index is 5.07. The Morgan fingerprint density at radius 3 is 3.07 bits per heavy atom. The highest BCUT2D eigenvalue weighted by Crippen LogP contribution is 2.25. The summed E-state index contributed by atoms with van der Waals surface area (Å²) in [6.45, 7) is 0.762. The Bertz CT molecular complexity index is 378. The number of nitrogens with one attached hydrogen (secondary N) is 1. The van der Waals surface area contributed by atoms with Crippen molar-refractivity contribution in [2.24, 2.45) is 0 Å². The Kier molecular flexibility index (Phi) is 3.01. The number of hydrogen-bond donors (Lipinski definition) is 1. The van der Waals surface area contributed by atoms with Gasteiger partial charge in [-0.05, 0) is 28.5 Å². The summed E-state index contributed by atoms with van der Waals surface area (Å²) >= 11 is 1.73. The predicted molar refractivity (Wildman–Crippen MR) is 59.7 cm³/mol. The number of aromatic amines is 1. The summed E-state index contributed by atoms with van der Waals surface area (Å²) < 4.78 is 5.07. The largest absolute Gasteiger partial charge is 0.384 e. The molecule has 2 rings (SSSR count). The SMILES string of the molecule is COCCc1[nH]ccc1-c1ccsc1. The van der Waals surface area contributed by atoms with Gasteiger partial charge in [-0.25, -0.2) is 0 Å². The van der Waals surface area contributed by atoms with Crippen LogP contribution in [-0.2, 0) is 11.2 Å². The Balaban J connectivity index is 2.22. The van der Waals surface area contributed by atoms with E-state index in [1.807, 2.05) is 6.20 Å². The molecule has 2 heterocycles. The lowest BCUT2D eigenvalue weighted by atomic mass is 10.1. The lowest BCUT2D eigenvalue weighted by Gasteiger charge is -2.01. The molecule has 0 saturated heterocycles. The van der Waals surface area contributed by atoms with E-state index >= 15 is 0 Å². The van der Waals surface area contributed by atoms with Gasteiger partial charge in [0.15, 0.2) is 0 Å². The number of thiophene rings is 1. The molecule has 0 amide bonds. The van der Waals surface area contributed by atoms with Crippen LogP contribution in [0, 0.1) is 0 Å². The average Bonchev–Trinajstić information content (AvgIpc) is 2.84. The summed E-state index contributed by atoms with van der Waals surface area (Å²) in [7, 11) is 1.73. The summed E-state index contributed by atoms with van der Waals surface area (Å²) in [5, 5.41) is 4.27. The molecule has 0 aliphatic carbocycles. The van der Waals surface area contributed by atoms with Crippen LogP contribution in [0.2, 0.25) is 0 Å². The van der Waals surface area contributed by atoms with Gasteiger partial charge in [0, 0.05) is 31.0 Å². The van der Waals surface area contributed by atoms with Gasteiger partial charge in [0.1, 0.15) is 0 Å². The number of hydrogen-bond acceptors (Lipinski definition) is 2. The zero-order valence-electron chi connectivity index (χ0n) is 8.12. The summed E-state index contributed by atoms with van der Waals surface area (Å²) in [6.07, 6.45) is 2.92. The highest BCUT2D eigenvalue weighted by Gasteiger charge is 2.05. The molecule has 0 aliphatic heterocycles. The normalized spacial score (nSPS) is 10.6. The van der Waals surface area contributed by atoms with Gasteiger partial charge >= 0.3 is 0 Å². The lowest BCUT2D eigenvalue weighted by Crippen LogP contribution is -1.95. The third kappa shape index (κ3) is 1.89. The van der Waals surface area contributed by atoms with E-state index in [1.54, 1.807) is 18.4 Å². The molecule has 0 radical (unpaired) electrons. The van der Waals surface area contributed by atoms with Gasteiger partial charge in [0.2, 0.25) is 0 Å². The van der Waals surface area contributed by atoms with E-state index in [4.69, 9.17) is 4.74 Å². The first-order valence-electron chi connectivity index (χ1n) is 4.59. The molecule has 0 aliphatic rings. The van der Waals surface area contributed by atoms with Crippen molar-refractivity contribution in [3.05, 3.63) is 34.8 Å².